The molecular weight excluding hydrogens is 220 g/mol. The highest BCUT2D eigenvalue weighted by molar-refractivity contribution is 6.60. The Morgan fingerprint density at radius 2 is 2.12 bits per heavy atom. The van der Waals surface area contributed by atoms with Crippen molar-refractivity contribution in [2.24, 2.45) is 0 Å². The zero-order valence-corrected chi connectivity index (χ0v) is 11.9. The van der Waals surface area contributed by atoms with Crippen LogP contribution in [0.25, 0.3) is 0 Å². The summed E-state index contributed by atoms with van der Waals surface area (Å²) < 4.78 is 10.7. The number of hydrogen-bond donors (Lipinski definition) is 0. The molecule has 2 unspecified atom stereocenters. The van der Waals surface area contributed by atoms with Gasteiger partial charge in [0.25, 0.3) is 0 Å². The minimum atomic E-state index is -0.949. The molecule has 0 heterocycles. The molecule has 0 aliphatic heterocycles. The van der Waals surface area contributed by atoms with Crippen LogP contribution in [0.5, 0.6) is 0 Å². The average Bonchev–Trinajstić information content (AvgIpc) is 2.28. The van der Waals surface area contributed by atoms with Crippen molar-refractivity contribution in [3.63, 3.8) is 0 Å². The van der Waals surface area contributed by atoms with Crippen LogP contribution in [-0.2, 0) is 14.3 Å². The van der Waals surface area contributed by atoms with E-state index in [0.29, 0.717) is 12.3 Å². The fourth-order valence-corrected chi connectivity index (χ4v) is 4.61. The summed E-state index contributed by atoms with van der Waals surface area (Å²) >= 11 is 0. The summed E-state index contributed by atoms with van der Waals surface area (Å²) in [6, 6.07) is 2.24. The summed E-state index contributed by atoms with van der Waals surface area (Å²) in [7, 11) is -0.949. The first kappa shape index (κ1) is 15.4. The molecular formula is C12H24O3Si. The predicted molar refractivity (Wildman–Crippen MR) is 69.3 cm³/mol. The average molecular weight is 244 g/mol. The zero-order valence-electron chi connectivity index (χ0n) is 10.7. The molecule has 3 nitrogen and oxygen atoms in total. The first-order valence-corrected chi connectivity index (χ1v) is 8.36. The molecule has 0 spiro atoms. The molecule has 0 radical (unpaired) electrons. The van der Waals surface area contributed by atoms with Crippen molar-refractivity contribution in [2.45, 2.75) is 45.0 Å². The van der Waals surface area contributed by atoms with Crippen molar-refractivity contribution in [3.8, 4) is 0 Å². The molecule has 0 N–H and O–H groups in total. The molecule has 4 heteroatoms. The third kappa shape index (κ3) is 6.79. The summed E-state index contributed by atoms with van der Waals surface area (Å²) in [5, 5.41) is 0. The van der Waals surface area contributed by atoms with E-state index in [1.165, 1.54) is 18.5 Å². The molecule has 0 rings (SSSR count). The van der Waals surface area contributed by atoms with Crippen molar-refractivity contribution in [3.05, 3.63) is 12.7 Å². The quantitative estimate of drug-likeness (QED) is 0.355. The minimum absolute atomic E-state index is 0.326. The fraction of sp³-hybridized carbons (Fsp3) is 0.750. The van der Waals surface area contributed by atoms with Crippen LogP contribution in [0.1, 0.15) is 27.2 Å². The highest BCUT2D eigenvalue weighted by atomic mass is 28.3. The maximum absolute atomic E-state index is 10.9. The number of rotatable bonds is 9. The molecule has 0 aromatic rings. The highest BCUT2D eigenvalue weighted by Crippen LogP contribution is 2.11. The van der Waals surface area contributed by atoms with E-state index in [0.717, 1.165) is 12.7 Å². The molecule has 94 valence electrons. The highest BCUT2D eigenvalue weighted by Gasteiger charge is 2.18. The van der Waals surface area contributed by atoms with Crippen LogP contribution in [0.2, 0.25) is 12.1 Å². The monoisotopic (exact) mass is 244 g/mol. The molecule has 0 aromatic heterocycles. The Morgan fingerprint density at radius 3 is 2.62 bits per heavy atom. The summed E-state index contributed by atoms with van der Waals surface area (Å²) in [5.41, 5.74) is 0.368. The van der Waals surface area contributed by atoms with Gasteiger partial charge in [-0.3, -0.25) is 0 Å². The lowest BCUT2D eigenvalue weighted by Crippen LogP contribution is -2.32. The normalized spacial score (nSPS) is 14.2. The second-order valence-corrected chi connectivity index (χ2v) is 7.48. The smallest absolute Gasteiger partial charge is 0.330 e. The van der Waals surface area contributed by atoms with Crippen molar-refractivity contribution in [2.75, 3.05) is 13.2 Å². The second-order valence-electron chi connectivity index (χ2n) is 3.87. The van der Waals surface area contributed by atoms with E-state index in [-0.39, 0.29) is 5.97 Å². The first-order valence-electron chi connectivity index (χ1n) is 6.06. The van der Waals surface area contributed by atoms with Crippen LogP contribution < -0.4 is 0 Å². The maximum Gasteiger partial charge on any atom is 0.330 e. The van der Waals surface area contributed by atoms with Gasteiger partial charge in [0, 0.05) is 18.4 Å². The molecule has 0 amide bonds. The molecule has 0 aliphatic carbocycles. The van der Waals surface area contributed by atoms with Crippen molar-refractivity contribution in [1.82, 2.24) is 0 Å². The lowest BCUT2D eigenvalue weighted by atomic mass is 10.6. The lowest BCUT2D eigenvalue weighted by Gasteiger charge is -2.21. The summed E-state index contributed by atoms with van der Waals surface area (Å²) in [4.78, 5) is 10.9. The fourth-order valence-electron chi connectivity index (χ4n) is 1.75. The zero-order chi connectivity index (χ0) is 12.4. The van der Waals surface area contributed by atoms with Crippen LogP contribution in [0, 0.1) is 0 Å². The summed E-state index contributed by atoms with van der Waals surface area (Å²) in [6.45, 7) is 11.0. The van der Waals surface area contributed by atoms with Crippen LogP contribution in [-0.4, -0.2) is 33.7 Å². The number of hydrogen-bond acceptors (Lipinski definition) is 3. The molecule has 0 saturated carbocycles. The Labute approximate surface area is 100 Å². The largest absolute Gasteiger partial charge is 0.463 e. The van der Waals surface area contributed by atoms with Gasteiger partial charge >= 0.3 is 5.97 Å². The van der Waals surface area contributed by atoms with Gasteiger partial charge in [-0.1, -0.05) is 26.0 Å². The van der Waals surface area contributed by atoms with Gasteiger partial charge in [0.2, 0.25) is 0 Å². The van der Waals surface area contributed by atoms with Crippen molar-refractivity contribution < 1.29 is 14.3 Å². The van der Waals surface area contributed by atoms with E-state index in [1.54, 1.807) is 0 Å². The second kappa shape index (κ2) is 9.60. The van der Waals surface area contributed by atoms with E-state index in [9.17, 15) is 4.79 Å². The van der Waals surface area contributed by atoms with E-state index >= 15 is 0 Å². The van der Waals surface area contributed by atoms with Gasteiger partial charge < -0.3 is 9.47 Å². The topological polar surface area (TPSA) is 35.5 Å². The lowest BCUT2D eigenvalue weighted by molar-refractivity contribution is -0.137. The SMILES string of the molecule is C=CC(=O)OCC[SiH](CCC)C(C)OCC. The number of esters is 1. The van der Waals surface area contributed by atoms with Gasteiger partial charge in [-0.25, -0.2) is 4.79 Å². The van der Waals surface area contributed by atoms with Gasteiger partial charge in [0.05, 0.1) is 15.4 Å². The molecule has 0 aliphatic rings. The molecule has 2 atom stereocenters. The van der Waals surface area contributed by atoms with Crippen molar-refractivity contribution in [1.29, 1.82) is 0 Å². The van der Waals surface area contributed by atoms with Crippen LogP contribution in [0.3, 0.4) is 0 Å². The van der Waals surface area contributed by atoms with Crippen molar-refractivity contribution >= 4 is 14.8 Å². The molecule has 0 saturated heterocycles. The number of ether oxygens (including phenoxy) is 2. The van der Waals surface area contributed by atoms with Crippen LogP contribution >= 0.6 is 0 Å². The van der Waals surface area contributed by atoms with E-state index < -0.39 is 8.80 Å². The summed E-state index contributed by atoms with van der Waals surface area (Å²) in [5.74, 6) is -0.326. The van der Waals surface area contributed by atoms with Gasteiger partial charge in [-0.15, -0.1) is 0 Å². The molecule has 0 fully saturated rings. The van der Waals surface area contributed by atoms with Crippen LogP contribution in [0.15, 0.2) is 12.7 Å². The van der Waals surface area contributed by atoms with Crippen LogP contribution in [0.4, 0.5) is 0 Å². The van der Waals surface area contributed by atoms with Gasteiger partial charge in [-0.05, 0) is 19.9 Å². The molecule has 0 aromatic carbocycles. The van der Waals surface area contributed by atoms with Gasteiger partial charge in [0.1, 0.15) is 0 Å². The molecule has 16 heavy (non-hydrogen) atoms. The number of carbonyl (C=O) groups excluding carboxylic acids is 1. The molecule has 0 bridgehead atoms. The third-order valence-electron chi connectivity index (χ3n) is 2.65. The predicted octanol–water partition coefficient (Wildman–Crippen LogP) is 2.32. The van der Waals surface area contributed by atoms with Gasteiger partial charge in [-0.2, -0.15) is 0 Å². The Balaban J connectivity index is 3.92. The van der Waals surface area contributed by atoms with E-state index in [4.69, 9.17) is 9.47 Å². The minimum Gasteiger partial charge on any atom is -0.463 e. The number of carbonyl (C=O) groups is 1. The Morgan fingerprint density at radius 1 is 1.44 bits per heavy atom. The Kier molecular flexibility index (Phi) is 9.23. The standard InChI is InChI=1S/C12H24O3Si/c1-5-9-16(11(4)14-7-3)10-8-15-12(13)6-2/h6,11,16H,2,5,7-10H2,1,3-4H3. The van der Waals surface area contributed by atoms with E-state index in [1.807, 2.05) is 6.92 Å². The van der Waals surface area contributed by atoms with Gasteiger partial charge in [0.15, 0.2) is 0 Å². The van der Waals surface area contributed by atoms with E-state index in [2.05, 4.69) is 20.4 Å². The maximum atomic E-state index is 10.9. The Bertz CT molecular complexity index is 206. The first-order chi connectivity index (χ1) is 7.65. The summed E-state index contributed by atoms with van der Waals surface area (Å²) in [6.07, 6.45) is 2.39. The Hall–Kier alpha value is -0.613. The third-order valence-corrected chi connectivity index (χ3v) is 6.47.